The van der Waals surface area contributed by atoms with Crippen molar-refractivity contribution < 1.29 is 9.90 Å². The molecule has 1 N–H and O–H groups in total. The number of hydrogen-bond acceptors (Lipinski definition) is 4. The number of rotatable bonds is 6. The van der Waals surface area contributed by atoms with Crippen molar-refractivity contribution >= 4 is 49.9 Å². The summed E-state index contributed by atoms with van der Waals surface area (Å²) in [5.74, 6) is -0.340. The first kappa shape index (κ1) is 20.0. The van der Waals surface area contributed by atoms with E-state index < -0.39 is 5.97 Å². The zero-order chi connectivity index (χ0) is 21.3. The topological polar surface area (TPSA) is 89.5 Å². The number of hydrogen-bond donors (Lipinski definition) is 1. The Morgan fingerprint density at radius 1 is 1.23 bits per heavy atom. The predicted molar refractivity (Wildman–Crippen MR) is 120 cm³/mol. The third-order valence-corrected chi connectivity index (χ3v) is 5.28. The largest absolute Gasteiger partial charge is 0.480 e. The van der Waals surface area contributed by atoms with E-state index >= 15 is 0 Å². The molecule has 0 saturated heterocycles. The number of benzene rings is 2. The zero-order valence-corrected chi connectivity index (χ0v) is 17.8. The highest BCUT2D eigenvalue weighted by Crippen LogP contribution is 2.20. The Morgan fingerprint density at radius 3 is 2.80 bits per heavy atom. The van der Waals surface area contributed by atoms with Gasteiger partial charge in [-0.15, -0.1) is 0 Å². The fourth-order valence-electron chi connectivity index (χ4n) is 3.47. The molecule has 7 nitrogen and oxygen atoms in total. The van der Waals surface area contributed by atoms with Crippen molar-refractivity contribution in [1.29, 1.82) is 0 Å². The standard InChI is InChI=1S/C22H19BrN4O3/c1-2-5-20-25-18-9-8-15(23)10-17(18)22(30)27(20)24-11-14-12-26(13-21(28)29)19-7-4-3-6-16(14)19/h3-4,6-12H,2,5,13H2,1H3,(H,28,29). The molecule has 0 amide bonds. The van der Waals surface area contributed by atoms with Crippen LogP contribution in [-0.4, -0.2) is 31.5 Å². The van der Waals surface area contributed by atoms with Crippen molar-refractivity contribution in [3.63, 3.8) is 0 Å². The minimum absolute atomic E-state index is 0.152. The average molecular weight is 467 g/mol. The summed E-state index contributed by atoms with van der Waals surface area (Å²) in [6.45, 7) is 1.87. The normalized spacial score (nSPS) is 11.7. The summed E-state index contributed by atoms with van der Waals surface area (Å²) < 4.78 is 3.79. The maximum atomic E-state index is 13.1. The molecular formula is C22H19BrN4O3. The Labute approximate surface area is 180 Å². The van der Waals surface area contributed by atoms with E-state index in [0.29, 0.717) is 23.1 Å². The molecule has 0 aliphatic rings. The van der Waals surface area contributed by atoms with Crippen LogP contribution in [0, 0.1) is 0 Å². The average Bonchev–Trinajstić information content (AvgIpc) is 3.06. The lowest BCUT2D eigenvalue weighted by molar-refractivity contribution is -0.137. The molecule has 2 aromatic carbocycles. The molecule has 0 aliphatic carbocycles. The van der Waals surface area contributed by atoms with Crippen LogP contribution in [0.1, 0.15) is 24.7 Å². The summed E-state index contributed by atoms with van der Waals surface area (Å²) in [6, 6.07) is 12.9. The summed E-state index contributed by atoms with van der Waals surface area (Å²) in [6.07, 6.45) is 4.76. The Kier molecular flexibility index (Phi) is 5.50. The highest BCUT2D eigenvalue weighted by molar-refractivity contribution is 9.10. The van der Waals surface area contributed by atoms with Gasteiger partial charge in [0.2, 0.25) is 0 Å². The van der Waals surface area contributed by atoms with Crippen LogP contribution in [-0.2, 0) is 17.8 Å². The van der Waals surface area contributed by atoms with Gasteiger partial charge in [-0.2, -0.15) is 9.78 Å². The van der Waals surface area contributed by atoms with Gasteiger partial charge in [-0.1, -0.05) is 41.1 Å². The summed E-state index contributed by atoms with van der Waals surface area (Å²) >= 11 is 3.40. The molecule has 0 aliphatic heterocycles. The monoisotopic (exact) mass is 466 g/mol. The quantitative estimate of drug-likeness (QED) is 0.434. The van der Waals surface area contributed by atoms with Gasteiger partial charge >= 0.3 is 5.97 Å². The van der Waals surface area contributed by atoms with Crippen LogP contribution in [0.3, 0.4) is 0 Å². The van der Waals surface area contributed by atoms with E-state index in [1.807, 2.05) is 43.3 Å². The van der Waals surface area contributed by atoms with E-state index in [1.165, 1.54) is 4.68 Å². The van der Waals surface area contributed by atoms with Gasteiger partial charge in [-0.05, 0) is 30.7 Å². The fourth-order valence-corrected chi connectivity index (χ4v) is 3.83. The van der Waals surface area contributed by atoms with E-state index in [2.05, 4.69) is 26.0 Å². The number of aromatic nitrogens is 3. The number of carboxylic acids is 1. The number of aliphatic carboxylic acids is 1. The molecule has 4 rings (SSSR count). The van der Waals surface area contributed by atoms with E-state index in [4.69, 9.17) is 0 Å². The lowest BCUT2D eigenvalue weighted by atomic mass is 10.2. The Morgan fingerprint density at radius 2 is 2.03 bits per heavy atom. The highest BCUT2D eigenvalue weighted by Gasteiger charge is 2.12. The molecular weight excluding hydrogens is 448 g/mol. The minimum atomic E-state index is -0.926. The lowest BCUT2D eigenvalue weighted by Crippen LogP contribution is -2.22. The van der Waals surface area contributed by atoms with Gasteiger partial charge in [-0.3, -0.25) is 9.59 Å². The van der Waals surface area contributed by atoms with E-state index in [1.54, 1.807) is 23.0 Å². The molecule has 0 radical (unpaired) electrons. The van der Waals surface area contributed by atoms with Gasteiger partial charge in [-0.25, -0.2) is 4.98 Å². The van der Waals surface area contributed by atoms with E-state index in [-0.39, 0.29) is 12.1 Å². The van der Waals surface area contributed by atoms with Crippen molar-refractivity contribution in [2.24, 2.45) is 5.10 Å². The van der Waals surface area contributed by atoms with Crippen molar-refractivity contribution in [2.45, 2.75) is 26.3 Å². The smallest absolute Gasteiger partial charge is 0.323 e. The first-order chi connectivity index (χ1) is 14.5. The number of fused-ring (bicyclic) bond motifs is 2. The Hall–Kier alpha value is -3.26. The number of aryl methyl sites for hydroxylation is 1. The van der Waals surface area contributed by atoms with Crippen LogP contribution in [0.5, 0.6) is 0 Å². The number of nitrogens with zero attached hydrogens (tertiary/aromatic N) is 4. The zero-order valence-electron chi connectivity index (χ0n) is 16.2. The summed E-state index contributed by atoms with van der Waals surface area (Å²) in [5.41, 5.74) is 1.92. The van der Waals surface area contributed by atoms with Crippen molar-refractivity contribution in [2.75, 3.05) is 0 Å². The van der Waals surface area contributed by atoms with Crippen LogP contribution in [0.25, 0.3) is 21.8 Å². The maximum absolute atomic E-state index is 13.1. The molecule has 2 heterocycles. The Bertz CT molecular complexity index is 1350. The molecule has 152 valence electrons. The predicted octanol–water partition coefficient (Wildman–Crippen LogP) is 4.03. The molecule has 2 aromatic heterocycles. The molecule has 0 unspecified atom stereocenters. The van der Waals surface area contributed by atoms with E-state index in [0.717, 1.165) is 27.4 Å². The molecule has 0 spiro atoms. The number of halogens is 1. The number of carboxylic acid groups (broad SMARTS) is 1. The minimum Gasteiger partial charge on any atom is -0.480 e. The highest BCUT2D eigenvalue weighted by atomic mass is 79.9. The maximum Gasteiger partial charge on any atom is 0.323 e. The summed E-state index contributed by atoms with van der Waals surface area (Å²) in [5, 5.41) is 15.0. The molecule has 30 heavy (non-hydrogen) atoms. The van der Waals surface area contributed by atoms with Crippen LogP contribution in [0.4, 0.5) is 0 Å². The van der Waals surface area contributed by atoms with Gasteiger partial charge in [0, 0.05) is 33.6 Å². The van der Waals surface area contributed by atoms with Gasteiger partial charge < -0.3 is 9.67 Å². The van der Waals surface area contributed by atoms with Gasteiger partial charge in [0.1, 0.15) is 12.4 Å². The lowest BCUT2D eigenvalue weighted by Gasteiger charge is -2.08. The van der Waals surface area contributed by atoms with Crippen LogP contribution in [0.15, 0.2) is 63.0 Å². The van der Waals surface area contributed by atoms with Gasteiger partial charge in [0.05, 0.1) is 17.1 Å². The molecule has 0 saturated carbocycles. The molecule has 0 fully saturated rings. The third kappa shape index (κ3) is 3.78. The van der Waals surface area contributed by atoms with Crippen molar-refractivity contribution in [3.8, 4) is 0 Å². The second-order valence-corrected chi connectivity index (χ2v) is 7.84. The van der Waals surface area contributed by atoms with Gasteiger partial charge in [0.25, 0.3) is 5.56 Å². The third-order valence-electron chi connectivity index (χ3n) is 4.79. The van der Waals surface area contributed by atoms with Crippen molar-refractivity contribution in [3.05, 3.63) is 74.9 Å². The van der Waals surface area contributed by atoms with E-state index in [9.17, 15) is 14.7 Å². The van der Waals surface area contributed by atoms with Gasteiger partial charge in [0.15, 0.2) is 0 Å². The summed E-state index contributed by atoms with van der Waals surface area (Å²) in [7, 11) is 0. The second-order valence-electron chi connectivity index (χ2n) is 6.92. The number of carbonyl (C=O) groups is 1. The van der Waals surface area contributed by atoms with Crippen molar-refractivity contribution in [1.82, 2.24) is 14.2 Å². The van der Waals surface area contributed by atoms with Crippen LogP contribution >= 0.6 is 15.9 Å². The summed E-state index contributed by atoms with van der Waals surface area (Å²) in [4.78, 5) is 29.0. The van der Waals surface area contributed by atoms with Crippen LogP contribution in [0.2, 0.25) is 0 Å². The number of para-hydroxylation sites is 1. The first-order valence-corrected chi connectivity index (χ1v) is 10.3. The molecule has 4 aromatic rings. The fraction of sp³-hybridized carbons (Fsp3) is 0.182. The second kappa shape index (κ2) is 8.23. The molecule has 8 heteroatoms. The SMILES string of the molecule is CCCc1nc2ccc(Br)cc2c(=O)n1N=Cc1cn(CC(=O)O)c2ccccc12. The Balaban J connectivity index is 1.86. The molecule has 0 bridgehead atoms. The molecule has 0 atom stereocenters. The van der Waals surface area contributed by atoms with Crippen LogP contribution < -0.4 is 5.56 Å². The first-order valence-electron chi connectivity index (χ1n) is 9.53.